The van der Waals surface area contributed by atoms with E-state index < -0.39 is 0 Å². The van der Waals surface area contributed by atoms with Gasteiger partial charge < -0.3 is 4.74 Å². The summed E-state index contributed by atoms with van der Waals surface area (Å²) in [6.07, 6.45) is 3.22. The Balaban J connectivity index is 2.73. The Kier molecular flexibility index (Phi) is 3.06. The van der Waals surface area contributed by atoms with Crippen molar-refractivity contribution in [1.29, 1.82) is 0 Å². The van der Waals surface area contributed by atoms with Crippen LogP contribution in [0.5, 0.6) is 0 Å². The normalized spacial score (nSPS) is 10.5. The fourth-order valence-corrected chi connectivity index (χ4v) is 0.940. The molecular weight excluding hydrogens is 168 g/mol. The highest BCUT2D eigenvalue weighted by Crippen LogP contribution is 2.06. The number of hydrogen-bond acceptors (Lipinski definition) is 3. The topological polar surface area (TPSA) is 44.1 Å². The minimum atomic E-state index is -0.311. The zero-order valence-corrected chi connectivity index (χ0v) is 8.15. The van der Waals surface area contributed by atoms with Gasteiger partial charge in [0.1, 0.15) is 0 Å². The molecule has 0 saturated carbocycles. The molecule has 0 aliphatic heterocycles. The van der Waals surface area contributed by atoms with Crippen molar-refractivity contribution in [3.8, 4) is 0 Å². The summed E-state index contributed by atoms with van der Waals surface area (Å²) in [5.74, 6) is -0.311. The van der Waals surface area contributed by atoms with Crippen LogP contribution in [0.25, 0.3) is 0 Å². The van der Waals surface area contributed by atoms with Crippen molar-refractivity contribution in [3.05, 3.63) is 18.0 Å². The standard InChI is InChI=1S/C9H14N2O2/c1-4-13-9(12)8-5-10-11(6-8)7(2)3/h5-7H,4H2,1-3H3. The molecule has 4 heteroatoms. The number of hydrogen-bond donors (Lipinski definition) is 0. The van der Waals surface area contributed by atoms with Gasteiger partial charge in [-0.05, 0) is 20.8 Å². The van der Waals surface area contributed by atoms with Gasteiger partial charge in [0.05, 0.1) is 18.4 Å². The molecule has 13 heavy (non-hydrogen) atoms. The number of esters is 1. The number of rotatable bonds is 3. The van der Waals surface area contributed by atoms with Gasteiger partial charge in [0.15, 0.2) is 0 Å². The lowest BCUT2D eigenvalue weighted by Gasteiger charge is -2.02. The van der Waals surface area contributed by atoms with Crippen molar-refractivity contribution < 1.29 is 9.53 Å². The minimum absolute atomic E-state index is 0.267. The molecule has 0 aliphatic rings. The summed E-state index contributed by atoms with van der Waals surface area (Å²) in [6, 6.07) is 0.267. The van der Waals surface area contributed by atoms with Crippen molar-refractivity contribution in [1.82, 2.24) is 9.78 Å². The highest BCUT2D eigenvalue weighted by atomic mass is 16.5. The molecule has 0 atom stereocenters. The second-order valence-corrected chi connectivity index (χ2v) is 3.02. The number of carbonyl (C=O) groups is 1. The van der Waals surface area contributed by atoms with E-state index in [4.69, 9.17) is 4.74 Å². The van der Waals surface area contributed by atoms with Crippen LogP contribution in [0.1, 0.15) is 37.2 Å². The first-order valence-electron chi connectivity index (χ1n) is 4.36. The SMILES string of the molecule is CCOC(=O)c1cnn(C(C)C)c1. The Morgan fingerprint density at radius 3 is 2.85 bits per heavy atom. The first-order chi connectivity index (χ1) is 6.15. The van der Waals surface area contributed by atoms with Crippen molar-refractivity contribution in [3.63, 3.8) is 0 Å². The molecule has 4 nitrogen and oxygen atoms in total. The highest BCUT2D eigenvalue weighted by Gasteiger charge is 2.09. The Hall–Kier alpha value is -1.32. The van der Waals surface area contributed by atoms with Gasteiger partial charge in [-0.25, -0.2) is 4.79 Å². The molecule has 0 radical (unpaired) electrons. The number of nitrogens with zero attached hydrogens (tertiary/aromatic N) is 2. The third-order valence-electron chi connectivity index (χ3n) is 1.64. The quantitative estimate of drug-likeness (QED) is 0.667. The van der Waals surface area contributed by atoms with Crippen molar-refractivity contribution in [2.24, 2.45) is 0 Å². The molecule has 0 spiro atoms. The zero-order valence-electron chi connectivity index (χ0n) is 8.15. The molecule has 1 heterocycles. The fourth-order valence-electron chi connectivity index (χ4n) is 0.940. The van der Waals surface area contributed by atoms with Crippen LogP contribution in [0.4, 0.5) is 0 Å². The molecule has 0 unspecified atom stereocenters. The van der Waals surface area contributed by atoms with Crippen LogP contribution in [0.2, 0.25) is 0 Å². The van der Waals surface area contributed by atoms with E-state index >= 15 is 0 Å². The lowest BCUT2D eigenvalue weighted by atomic mass is 10.3. The summed E-state index contributed by atoms with van der Waals surface area (Å²) in [6.45, 7) is 6.18. The van der Waals surface area contributed by atoms with Crippen molar-refractivity contribution in [2.45, 2.75) is 26.8 Å². The van der Waals surface area contributed by atoms with Crippen LogP contribution in [0.3, 0.4) is 0 Å². The van der Waals surface area contributed by atoms with Crippen molar-refractivity contribution in [2.75, 3.05) is 6.61 Å². The fraction of sp³-hybridized carbons (Fsp3) is 0.556. The summed E-state index contributed by atoms with van der Waals surface area (Å²) in [7, 11) is 0. The smallest absolute Gasteiger partial charge is 0.341 e. The molecule has 0 bridgehead atoms. The van der Waals surface area contributed by atoms with Crippen LogP contribution in [0.15, 0.2) is 12.4 Å². The predicted octanol–water partition coefficient (Wildman–Crippen LogP) is 1.64. The maximum atomic E-state index is 11.2. The molecule has 0 fully saturated rings. The maximum absolute atomic E-state index is 11.2. The third kappa shape index (κ3) is 2.31. The van der Waals surface area contributed by atoms with E-state index in [0.717, 1.165) is 0 Å². The number of ether oxygens (including phenoxy) is 1. The van der Waals surface area contributed by atoms with E-state index in [1.165, 1.54) is 6.20 Å². The molecule has 1 aromatic heterocycles. The van der Waals surface area contributed by atoms with Crippen LogP contribution >= 0.6 is 0 Å². The van der Waals surface area contributed by atoms with Gasteiger partial charge in [0.2, 0.25) is 0 Å². The largest absolute Gasteiger partial charge is 0.462 e. The monoisotopic (exact) mass is 182 g/mol. The number of aromatic nitrogens is 2. The van der Waals surface area contributed by atoms with Crippen LogP contribution in [-0.4, -0.2) is 22.4 Å². The van der Waals surface area contributed by atoms with Gasteiger partial charge in [0, 0.05) is 12.2 Å². The summed E-state index contributed by atoms with van der Waals surface area (Å²) in [5.41, 5.74) is 0.510. The lowest BCUT2D eigenvalue weighted by molar-refractivity contribution is 0.0526. The molecule has 0 aromatic carbocycles. The molecule has 1 aromatic rings. The summed E-state index contributed by atoms with van der Waals surface area (Å²) in [4.78, 5) is 11.2. The van der Waals surface area contributed by atoms with E-state index in [2.05, 4.69) is 5.10 Å². The van der Waals surface area contributed by atoms with E-state index in [1.54, 1.807) is 17.8 Å². The van der Waals surface area contributed by atoms with E-state index in [1.807, 2.05) is 13.8 Å². The van der Waals surface area contributed by atoms with Gasteiger partial charge >= 0.3 is 5.97 Å². The second kappa shape index (κ2) is 4.07. The van der Waals surface area contributed by atoms with Crippen LogP contribution < -0.4 is 0 Å². The maximum Gasteiger partial charge on any atom is 0.341 e. The molecule has 0 amide bonds. The average Bonchev–Trinajstić information content (AvgIpc) is 2.52. The van der Waals surface area contributed by atoms with E-state index in [0.29, 0.717) is 12.2 Å². The second-order valence-electron chi connectivity index (χ2n) is 3.02. The lowest BCUT2D eigenvalue weighted by Crippen LogP contribution is -2.04. The highest BCUT2D eigenvalue weighted by molar-refractivity contribution is 5.88. The third-order valence-corrected chi connectivity index (χ3v) is 1.64. The Labute approximate surface area is 77.5 Å². The summed E-state index contributed by atoms with van der Waals surface area (Å²) in [5, 5.41) is 4.03. The van der Waals surface area contributed by atoms with Gasteiger partial charge in [-0.15, -0.1) is 0 Å². The summed E-state index contributed by atoms with van der Waals surface area (Å²) < 4.78 is 6.56. The van der Waals surface area contributed by atoms with Gasteiger partial charge in [-0.2, -0.15) is 5.10 Å². The Morgan fingerprint density at radius 2 is 2.38 bits per heavy atom. The van der Waals surface area contributed by atoms with Gasteiger partial charge in [0.25, 0.3) is 0 Å². The average molecular weight is 182 g/mol. The molecule has 1 rings (SSSR count). The van der Waals surface area contributed by atoms with E-state index in [9.17, 15) is 4.79 Å². The predicted molar refractivity (Wildman–Crippen MR) is 48.6 cm³/mol. The van der Waals surface area contributed by atoms with Crippen LogP contribution in [-0.2, 0) is 4.74 Å². The van der Waals surface area contributed by atoms with Gasteiger partial charge in [-0.3, -0.25) is 4.68 Å². The van der Waals surface area contributed by atoms with Gasteiger partial charge in [-0.1, -0.05) is 0 Å². The van der Waals surface area contributed by atoms with Crippen molar-refractivity contribution >= 4 is 5.97 Å². The molecular formula is C9H14N2O2. The Bertz CT molecular complexity index is 292. The minimum Gasteiger partial charge on any atom is -0.462 e. The van der Waals surface area contributed by atoms with E-state index in [-0.39, 0.29) is 12.0 Å². The first-order valence-corrected chi connectivity index (χ1v) is 4.36. The molecule has 0 N–H and O–H groups in total. The molecule has 0 saturated heterocycles. The number of carbonyl (C=O) groups excluding carboxylic acids is 1. The molecule has 0 aliphatic carbocycles. The zero-order chi connectivity index (χ0) is 9.84. The Morgan fingerprint density at radius 1 is 1.69 bits per heavy atom. The van der Waals surface area contributed by atoms with Crippen LogP contribution in [0, 0.1) is 0 Å². The first kappa shape index (κ1) is 9.77. The molecule has 72 valence electrons. The summed E-state index contributed by atoms with van der Waals surface area (Å²) >= 11 is 0.